The molecular formula is C60H118N2O5. The molecule has 0 rings (SSSR count). The maximum absolute atomic E-state index is 14.0. The number of carbonyl (C=O) groups is 3. The molecule has 0 spiro atoms. The molecule has 0 aromatic rings. The van der Waals surface area contributed by atoms with Gasteiger partial charge in [0.15, 0.2) is 0 Å². The first-order chi connectivity index (χ1) is 32.7. The normalized spacial score (nSPS) is 12.6. The lowest BCUT2D eigenvalue weighted by atomic mass is 9.97. The molecule has 7 heteroatoms. The minimum absolute atomic E-state index is 0.0130. The van der Waals surface area contributed by atoms with Gasteiger partial charge < -0.3 is 19.3 Å². The molecule has 0 saturated heterocycles. The number of amides is 1. The number of ether oxygens (including phenoxy) is 2. The Balaban J connectivity index is 5.09. The average Bonchev–Trinajstić information content (AvgIpc) is 3.31. The van der Waals surface area contributed by atoms with E-state index in [0.717, 1.165) is 122 Å². The molecule has 2 unspecified atom stereocenters. The summed E-state index contributed by atoms with van der Waals surface area (Å²) in [5.41, 5.74) is 0. The van der Waals surface area contributed by atoms with Gasteiger partial charge in [-0.05, 0) is 111 Å². The molecule has 0 aliphatic heterocycles. The quantitative estimate of drug-likeness (QED) is 0.0447. The Labute approximate surface area is 419 Å². The van der Waals surface area contributed by atoms with E-state index in [1.54, 1.807) is 0 Å². The predicted molar refractivity (Wildman–Crippen MR) is 290 cm³/mol. The number of unbranched alkanes of at least 4 members (excludes halogenated alkanes) is 28. The second-order valence-electron chi connectivity index (χ2n) is 21.2. The van der Waals surface area contributed by atoms with Crippen LogP contribution in [-0.4, -0.2) is 73.1 Å². The highest BCUT2D eigenvalue weighted by molar-refractivity contribution is 5.76. The molecule has 0 aromatic carbocycles. The zero-order valence-electron chi connectivity index (χ0n) is 46.4. The van der Waals surface area contributed by atoms with Gasteiger partial charge >= 0.3 is 11.9 Å². The molecule has 2 atom stereocenters. The molecule has 0 radical (unpaired) electrons. The van der Waals surface area contributed by atoms with Crippen molar-refractivity contribution >= 4 is 17.8 Å². The van der Waals surface area contributed by atoms with Gasteiger partial charge in [0.25, 0.3) is 0 Å². The third-order valence-corrected chi connectivity index (χ3v) is 14.2. The van der Waals surface area contributed by atoms with E-state index in [1.165, 1.54) is 161 Å². The third kappa shape index (κ3) is 44.1. The van der Waals surface area contributed by atoms with Crippen molar-refractivity contribution in [2.45, 2.75) is 342 Å². The van der Waals surface area contributed by atoms with Gasteiger partial charge in [0.2, 0.25) is 5.91 Å². The third-order valence-electron chi connectivity index (χ3n) is 14.2. The highest BCUT2D eigenvalue weighted by Gasteiger charge is 2.23. The maximum Gasteiger partial charge on any atom is 0.306 e. The van der Waals surface area contributed by atoms with E-state index >= 15 is 0 Å². The number of carbonyl (C=O) groups excluding carboxylic acids is 3. The fourth-order valence-electron chi connectivity index (χ4n) is 9.82. The van der Waals surface area contributed by atoms with Gasteiger partial charge in [-0.2, -0.15) is 0 Å². The minimum Gasteiger partial charge on any atom is -0.462 e. The molecular weight excluding hydrogens is 829 g/mol. The molecule has 1 amide bonds. The van der Waals surface area contributed by atoms with Crippen molar-refractivity contribution in [2.75, 3.05) is 27.2 Å². The molecule has 0 aliphatic rings. The topological polar surface area (TPSA) is 76.2 Å². The van der Waals surface area contributed by atoms with Gasteiger partial charge in [0, 0.05) is 31.8 Å². The van der Waals surface area contributed by atoms with Crippen LogP contribution in [0, 0.1) is 0 Å². The summed E-state index contributed by atoms with van der Waals surface area (Å²) < 4.78 is 12.1. The van der Waals surface area contributed by atoms with Crippen LogP contribution in [-0.2, 0) is 23.9 Å². The van der Waals surface area contributed by atoms with E-state index in [1.807, 2.05) is 0 Å². The first-order valence-corrected chi connectivity index (χ1v) is 30.0. The predicted octanol–water partition coefficient (Wildman–Crippen LogP) is 18.2. The van der Waals surface area contributed by atoms with Crippen LogP contribution >= 0.6 is 0 Å². The monoisotopic (exact) mass is 947 g/mol. The molecule has 67 heavy (non-hydrogen) atoms. The summed E-state index contributed by atoms with van der Waals surface area (Å²) in [5, 5.41) is 0. The van der Waals surface area contributed by atoms with Crippen LogP contribution in [0.1, 0.15) is 324 Å². The Hall–Kier alpha value is -1.63. The molecule has 7 nitrogen and oxygen atoms in total. The first kappa shape index (κ1) is 65.4. The molecule has 0 heterocycles. The molecule has 0 bridgehead atoms. The van der Waals surface area contributed by atoms with Crippen LogP contribution in [0.25, 0.3) is 0 Å². The molecule has 0 aliphatic carbocycles. The lowest BCUT2D eigenvalue weighted by molar-refractivity contribution is -0.151. The van der Waals surface area contributed by atoms with E-state index in [9.17, 15) is 14.4 Å². The Morgan fingerprint density at radius 2 is 0.612 bits per heavy atom. The van der Waals surface area contributed by atoms with Crippen LogP contribution in [0.5, 0.6) is 0 Å². The fraction of sp³-hybridized carbons (Fsp3) is 0.950. The average molecular weight is 948 g/mol. The van der Waals surface area contributed by atoms with E-state index in [2.05, 4.69) is 58.5 Å². The lowest BCUT2D eigenvalue weighted by Crippen LogP contribution is -2.41. The summed E-state index contributed by atoms with van der Waals surface area (Å²) >= 11 is 0. The van der Waals surface area contributed by atoms with Crippen molar-refractivity contribution in [3.63, 3.8) is 0 Å². The Morgan fingerprint density at radius 1 is 0.328 bits per heavy atom. The molecule has 398 valence electrons. The largest absolute Gasteiger partial charge is 0.462 e. The highest BCUT2D eigenvalue weighted by atomic mass is 16.5. The summed E-state index contributed by atoms with van der Waals surface area (Å²) in [7, 11) is 4.27. The van der Waals surface area contributed by atoms with Crippen molar-refractivity contribution in [1.29, 1.82) is 0 Å². The summed E-state index contributed by atoms with van der Waals surface area (Å²) in [6.07, 6.45) is 51.0. The zero-order valence-corrected chi connectivity index (χ0v) is 46.4. The van der Waals surface area contributed by atoms with Crippen molar-refractivity contribution in [3.8, 4) is 0 Å². The van der Waals surface area contributed by atoms with Crippen molar-refractivity contribution in [2.24, 2.45) is 0 Å². The number of rotatable bonds is 53. The molecule has 0 saturated carbocycles. The smallest absolute Gasteiger partial charge is 0.306 e. The van der Waals surface area contributed by atoms with Gasteiger partial charge in [-0.25, -0.2) is 0 Å². The lowest BCUT2D eigenvalue weighted by Gasteiger charge is -2.33. The number of hydrogen-bond donors (Lipinski definition) is 0. The SMILES string of the molecule is CCCCCCCCC(=O)N(CCCN(C)C)C(CCCCCCCCC(=O)OC(CCCCCC)CCCCCC)CCCCCCCCC(=O)OC(CCCCCC)CCCCCCC. The first-order valence-electron chi connectivity index (χ1n) is 30.0. The van der Waals surface area contributed by atoms with E-state index in [4.69, 9.17) is 9.47 Å². The van der Waals surface area contributed by atoms with E-state index in [0.29, 0.717) is 31.2 Å². The van der Waals surface area contributed by atoms with Crippen LogP contribution in [0.4, 0.5) is 0 Å². The summed E-state index contributed by atoms with van der Waals surface area (Å²) in [6.45, 7) is 13.1. The standard InChI is InChI=1S/C60H118N2O5/c1-8-13-18-23-31-40-50-58(63)62(54-43-53-61(6)7)55(44-34-29-24-26-32-41-51-59(64)66-56(46-36-20-15-10-3)47-37-21-16-11-4)45-35-30-25-27-33-42-52-60(65)67-57(48-38-22-17-12-5)49-39-28-19-14-9-2/h55-57H,8-54H2,1-7H3. The maximum atomic E-state index is 14.0. The number of nitrogens with zero attached hydrogens (tertiary/aromatic N) is 2. The van der Waals surface area contributed by atoms with E-state index in [-0.39, 0.29) is 24.1 Å². The highest BCUT2D eigenvalue weighted by Crippen LogP contribution is 2.23. The van der Waals surface area contributed by atoms with Gasteiger partial charge in [-0.15, -0.1) is 0 Å². The Bertz CT molecular complexity index is 1060. The van der Waals surface area contributed by atoms with E-state index < -0.39 is 0 Å². The second-order valence-corrected chi connectivity index (χ2v) is 21.2. The number of esters is 2. The van der Waals surface area contributed by atoms with Gasteiger partial charge in [-0.1, -0.05) is 214 Å². The molecule has 0 aromatic heterocycles. The summed E-state index contributed by atoms with van der Waals surface area (Å²) in [5.74, 6) is 0.405. The summed E-state index contributed by atoms with van der Waals surface area (Å²) in [4.78, 5) is 44.3. The van der Waals surface area contributed by atoms with Gasteiger partial charge in [-0.3, -0.25) is 14.4 Å². The van der Waals surface area contributed by atoms with Crippen molar-refractivity contribution in [3.05, 3.63) is 0 Å². The Morgan fingerprint density at radius 3 is 0.955 bits per heavy atom. The zero-order chi connectivity index (χ0) is 49.3. The van der Waals surface area contributed by atoms with Crippen LogP contribution < -0.4 is 0 Å². The van der Waals surface area contributed by atoms with Crippen LogP contribution in [0.2, 0.25) is 0 Å². The Kier molecular flexibility index (Phi) is 49.5. The van der Waals surface area contributed by atoms with Crippen molar-refractivity contribution in [1.82, 2.24) is 9.80 Å². The fourth-order valence-corrected chi connectivity index (χ4v) is 9.82. The molecule has 0 fully saturated rings. The summed E-state index contributed by atoms with van der Waals surface area (Å²) in [6, 6.07) is 0.317. The van der Waals surface area contributed by atoms with Crippen LogP contribution in [0.3, 0.4) is 0 Å². The number of hydrogen-bond acceptors (Lipinski definition) is 6. The van der Waals surface area contributed by atoms with Crippen molar-refractivity contribution < 1.29 is 23.9 Å². The molecule has 0 N–H and O–H groups in total. The van der Waals surface area contributed by atoms with Crippen LogP contribution in [0.15, 0.2) is 0 Å². The van der Waals surface area contributed by atoms with Gasteiger partial charge in [0.05, 0.1) is 0 Å². The minimum atomic E-state index is 0.0130. The second kappa shape index (κ2) is 50.7. The van der Waals surface area contributed by atoms with Gasteiger partial charge in [0.1, 0.15) is 12.2 Å².